The zero-order valence-electron chi connectivity index (χ0n) is 13.1. The molecule has 0 aromatic rings. The van der Waals surface area contributed by atoms with E-state index in [-0.39, 0.29) is 0 Å². The molecule has 1 atom stereocenters. The zero-order valence-corrected chi connectivity index (χ0v) is 13.1. The summed E-state index contributed by atoms with van der Waals surface area (Å²) in [7, 11) is 0. The van der Waals surface area contributed by atoms with Gasteiger partial charge in [0.1, 0.15) is 0 Å². The molecule has 1 amide bonds. The lowest BCUT2D eigenvalue weighted by atomic mass is 10.0. The second kappa shape index (κ2) is 8.63. The van der Waals surface area contributed by atoms with Crippen molar-refractivity contribution < 1.29 is 4.79 Å². The predicted octanol–water partition coefficient (Wildman–Crippen LogP) is 1.85. The Labute approximate surface area is 123 Å². The van der Waals surface area contributed by atoms with Gasteiger partial charge in [-0.3, -0.25) is 4.79 Å². The lowest BCUT2D eigenvalue weighted by Crippen LogP contribution is -2.46. The van der Waals surface area contributed by atoms with Crippen molar-refractivity contribution in [1.29, 1.82) is 0 Å². The molecule has 2 rings (SSSR count). The Morgan fingerprint density at radius 3 is 2.70 bits per heavy atom. The van der Waals surface area contributed by atoms with Crippen LogP contribution < -0.4 is 5.32 Å². The topological polar surface area (TPSA) is 35.6 Å². The third-order valence-electron chi connectivity index (χ3n) is 4.54. The van der Waals surface area contributed by atoms with Gasteiger partial charge in [0.2, 0.25) is 5.91 Å². The van der Waals surface area contributed by atoms with Gasteiger partial charge >= 0.3 is 0 Å². The van der Waals surface area contributed by atoms with Crippen molar-refractivity contribution in [3.05, 3.63) is 0 Å². The fourth-order valence-electron chi connectivity index (χ4n) is 3.35. The van der Waals surface area contributed by atoms with E-state index in [9.17, 15) is 4.79 Å². The molecule has 0 aliphatic carbocycles. The van der Waals surface area contributed by atoms with E-state index in [4.69, 9.17) is 0 Å². The maximum atomic E-state index is 12.4. The quantitative estimate of drug-likeness (QED) is 0.773. The summed E-state index contributed by atoms with van der Waals surface area (Å²) < 4.78 is 0. The van der Waals surface area contributed by atoms with Gasteiger partial charge in [-0.25, -0.2) is 0 Å². The van der Waals surface area contributed by atoms with E-state index in [0.717, 1.165) is 32.6 Å². The smallest absolute Gasteiger partial charge is 0.223 e. The molecule has 2 heterocycles. The number of hydrogen-bond donors (Lipinski definition) is 1. The first-order valence-electron chi connectivity index (χ1n) is 8.53. The summed E-state index contributed by atoms with van der Waals surface area (Å²) in [5, 5.41) is 3.56. The Hall–Kier alpha value is -0.610. The lowest BCUT2D eigenvalue weighted by molar-refractivity contribution is -0.132. The Kier molecular flexibility index (Phi) is 6.80. The highest BCUT2D eigenvalue weighted by atomic mass is 16.2. The van der Waals surface area contributed by atoms with E-state index in [1.165, 1.54) is 45.2 Å². The van der Waals surface area contributed by atoms with Gasteiger partial charge in [-0.05, 0) is 51.7 Å². The Balaban J connectivity index is 1.74. The molecule has 20 heavy (non-hydrogen) atoms. The van der Waals surface area contributed by atoms with Gasteiger partial charge in [-0.2, -0.15) is 0 Å². The molecule has 4 heteroatoms. The van der Waals surface area contributed by atoms with E-state index in [1.54, 1.807) is 0 Å². The van der Waals surface area contributed by atoms with Gasteiger partial charge in [-0.1, -0.05) is 13.3 Å². The van der Waals surface area contributed by atoms with Crippen LogP contribution in [0.25, 0.3) is 0 Å². The number of amides is 1. The highest BCUT2D eigenvalue weighted by molar-refractivity contribution is 5.76. The van der Waals surface area contributed by atoms with Crippen LogP contribution in [0.4, 0.5) is 0 Å². The van der Waals surface area contributed by atoms with Gasteiger partial charge < -0.3 is 15.1 Å². The minimum Gasteiger partial charge on any atom is -0.341 e. The third kappa shape index (κ3) is 5.06. The van der Waals surface area contributed by atoms with Crippen LogP contribution in [0, 0.1) is 0 Å². The monoisotopic (exact) mass is 281 g/mol. The minimum absolute atomic E-state index is 0.353. The molecule has 0 saturated carbocycles. The van der Waals surface area contributed by atoms with Crippen molar-refractivity contribution in [2.45, 2.75) is 57.9 Å². The molecule has 1 unspecified atom stereocenters. The average molecular weight is 281 g/mol. The van der Waals surface area contributed by atoms with Crippen LogP contribution in [0.15, 0.2) is 0 Å². The number of nitrogens with zero attached hydrogens (tertiary/aromatic N) is 2. The van der Waals surface area contributed by atoms with E-state index in [0.29, 0.717) is 18.4 Å². The first-order chi connectivity index (χ1) is 9.79. The molecule has 2 fully saturated rings. The Morgan fingerprint density at radius 1 is 1.25 bits per heavy atom. The molecule has 116 valence electrons. The van der Waals surface area contributed by atoms with Crippen LogP contribution in [0.1, 0.15) is 51.9 Å². The molecule has 0 bridgehead atoms. The summed E-state index contributed by atoms with van der Waals surface area (Å²) in [4.78, 5) is 17.0. The van der Waals surface area contributed by atoms with Crippen LogP contribution >= 0.6 is 0 Å². The van der Waals surface area contributed by atoms with E-state index >= 15 is 0 Å². The molecule has 1 N–H and O–H groups in total. The van der Waals surface area contributed by atoms with Crippen molar-refractivity contribution in [2.24, 2.45) is 0 Å². The molecule has 0 spiro atoms. The normalized spacial score (nSPS) is 23.9. The van der Waals surface area contributed by atoms with Crippen molar-refractivity contribution in [1.82, 2.24) is 15.1 Å². The average Bonchev–Trinajstić information content (AvgIpc) is 2.99. The fourth-order valence-corrected chi connectivity index (χ4v) is 3.35. The molecular formula is C16H31N3O. The van der Waals surface area contributed by atoms with Crippen LogP contribution in [-0.4, -0.2) is 61.0 Å². The maximum Gasteiger partial charge on any atom is 0.223 e. The van der Waals surface area contributed by atoms with E-state index < -0.39 is 0 Å². The standard InChI is InChI=1S/C16H31N3O/c1-2-10-19(14-15-7-3-4-9-17-15)16(20)8-13-18-11-5-6-12-18/h15,17H,2-14H2,1H3. The summed E-state index contributed by atoms with van der Waals surface area (Å²) in [5.41, 5.74) is 0. The Bertz CT molecular complexity index is 283. The van der Waals surface area contributed by atoms with Crippen molar-refractivity contribution in [3.8, 4) is 0 Å². The molecule has 2 saturated heterocycles. The van der Waals surface area contributed by atoms with Gasteiger partial charge in [0.15, 0.2) is 0 Å². The minimum atomic E-state index is 0.353. The maximum absolute atomic E-state index is 12.4. The largest absolute Gasteiger partial charge is 0.341 e. The number of carbonyl (C=O) groups excluding carboxylic acids is 1. The summed E-state index contributed by atoms with van der Waals surface area (Å²) in [6.07, 6.45) is 8.18. The van der Waals surface area contributed by atoms with Crippen molar-refractivity contribution in [2.75, 3.05) is 39.3 Å². The molecule has 0 radical (unpaired) electrons. The Morgan fingerprint density at radius 2 is 2.05 bits per heavy atom. The van der Waals surface area contributed by atoms with E-state index in [1.807, 2.05) is 0 Å². The molecular weight excluding hydrogens is 250 g/mol. The van der Waals surface area contributed by atoms with Crippen molar-refractivity contribution >= 4 is 5.91 Å². The lowest BCUT2D eigenvalue weighted by Gasteiger charge is -2.31. The first-order valence-corrected chi connectivity index (χ1v) is 8.53. The van der Waals surface area contributed by atoms with Gasteiger partial charge in [0.05, 0.1) is 0 Å². The number of piperidine rings is 1. The molecule has 4 nitrogen and oxygen atoms in total. The highest BCUT2D eigenvalue weighted by Crippen LogP contribution is 2.11. The van der Waals surface area contributed by atoms with Gasteiger partial charge in [0, 0.05) is 32.1 Å². The second-order valence-electron chi connectivity index (χ2n) is 6.29. The molecule has 0 aromatic carbocycles. The van der Waals surface area contributed by atoms with Crippen LogP contribution in [0.2, 0.25) is 0 Å². The number of carbonyl (C=O) groups is 1. The predicted molar refractivity (Wildman–Crippen MR) is 82.8 cm³/mol. The highest BCUT2D eigenvalue weighted by Gasteiger charge is 2.21. The van der Waals surface area contributed by atoms with Gasteiger partial charge in [-0.15, -0.1) is 0 Å². The van der Waals surface area contributed by atoms with Crippen LogP contribution in [-0.2, 0) is 4.79 Å². The summed E-state index contributed by atoms with van der Waals surface area (Å²) in [5.74, 6) is 0.353. The SMILES string of the molecule is CCCN(CC1CCCCN1)C(=O)CCN1CCCC1. The van der Waals surface area contributed by atoms with E-state index in [2.05, 4.69) is 22.0 Å². The van der Waals surface area contributed by atoms with Crippen LogP contribution in [0.5, 0.6) is 0 Å². The summed E-state index contributed by atoms with van der Waals surface area (Å²) in [6.45, 7) is 8.43. The fraction of sp³-hybridized carbons (Fsp3) is 0.938. The summed E-state index contributed by atoms with van der Waals surface area (Å²) >= 11 is 0. The van der Waals surface area contributed by atoms with Crippen molar-refractivity contribution in [3.63, 3.8) is 0 Å². The first kappa shape index (κ1) is 15.8. The molecule has 0 aromatic heterocycles. The number of hydrogen-bond acceptors (Lipinski definition) is 3. The van der Waals surface area contributed by atoms with Gasteiger partial charge in [0.25, 0.3) is 0 Å². The summed E-state index contributed by atoms with van der Waals surface area (Å²) in [6, 6.07) is 0.519. The third-order valence-corrected chi connectivity index (χ3v) is 4.54. The van der Waals surface area contributed by atoms with Crippen LogP contribution in [0.3, 0.4) is 0 Å². The zero-order chi connectivity index (χ0) is 14.2. The molecule has 2 aliphatic heterocycles. The molecule has 2 aliphatic rings. The second-order valence-corrected chi connectivity index (χ2v) is 6.29. The number of likely N-dealkylation sites (tertiary alicyclic amines) is 1. The number of nitrogens with one attached hydrogen (secondary N) is 1. The number of rotatable bonds is 7.